The Labute approximate surface area is 115 Å². The van der Waals surface area contributed by atoms with E-state index in [9.17, 15) is 0 Å². The van der Waals surface area contributed by atoms with E-state index in [1.54, 1.807) is 19.5 Å². The Morgan fingerprint density at radius 1 is 1.11 bits per heavy atom. The average Bonchev–Trinajstić information content (AvgIpc) is 2.46. The third-order valence-electron chi connectivity index (χ3n) is 4.47. The summed E-state index contributed by atoms with van der Waals surface area (Å²) in [5.74, 6) is 2.71. The molecule has 1 atom stereocenters. The van der Waals surface area contributed by atoms with Gasteiger partial charge < -0.3 is 10.5 Å². The Morgan fingerprint density at radius 2 is 1.68 bits per heavy atom. The molecule has 0 spiro atoms. The summed E-state index contributed by atoms with van der Waals surface area (Å²) < 4.78 is 5.26. The number of rotatable bonds is 4. The van der Waals surface area contributed by atoms with E-state index in [2.05, 4.69) is 23.8 Å². The fraction of sp³-hybridized carbons (Fsp3) is 0.733. The minimum absolute atomic E-state index is 0.0586. The van der Waals surface area contributed by atoms with Gasteiger partial charge in [0.15, 0.2) is 0 Å². The number of ether oxygens (including phenoxy) is 1. The zero-order valence-corrected chi connectivity index (χ0v) is 12.2. The van der Waals surface area contributed by atoms with Crippen LogP contribution in [0.1, 0.15) is 51.3 Å². The molecule has 1 saturated carbocycles. The summed E-state index contributed by atoms with van der Waals surface area (Å²) in [6.07, 6.45) is 8.26. The highest BCUT2D eigenvalue weighted by atomic mass is 16.5. The molecule has 1 unspecified atom stereocenters. The van der Waals surface area contributed by atoms with Gasteiger partial charge in [0.05, 0.1) is 13.2 Å². The van der Waals surface area contributed by atoms with Crippen LogP contribution in [0.15, 0.2) is 12.4 Å². The predicted octanol–water partition coefficient (Wildman–Crippen LogP) is 2.95. The van der Waals surface area contributed by atoms with Gasteiger partial charge in [-0.05, 0) is 43.4 Å². The smallest absolute Gasteiger partial charge is 0.236 e. The van der Waals surface area contributed by atoms with Crippen LogP contribution in [0.5, 0.6) is 5.88 Å². The van der Waals surface area contributed by atoms with Crippen LogP contribution in [0.25, 0.3) is 0 Å². The van der Waals surface area contributed by atoms with E-state index >= 15 is 0 Å². The van der Waals surface area contributed by atoms with E-state index in [-0.39, 0.29) is 6.04 Å². The zero-order valence-electron chi connectivity index (χ0n) is 12.2. The summed E-state index contributed by atoms with van der Waals surface area (Å²) in [6, 6.07) is -0.0586. The van der Waals surface area contributed by atoms with Crippen molar-refractivity contribution in [3.05, 3.63) is 18.1 Å². The van der Waals surface area contributed by atoms with Crippen molar-refractivity contribution in [2.75, 3.05) is 7.11 Å². The lowest BCUT2D eigenvalue weighted by Gasteiger charge is -2.33. The minimum atomic E-state index is -0.0586. The summed E-state index contributed by atoms with van der Waals surface area (Å²) in [5.41, 5.74) is 7.19. The lowest BCUT2D eigenvalue weighted by atomic mass is 9.74. The highest BCUT2D eigenvalue weighted by Gasteiger charge is 2.30. The topological polar surface area (TPSA) is 61.0 Å². The van der Waals surface area contributed by atoms with Crippen LogP contribution >= 0.6 is 0 Å². The summed E-state index contributed by atoms with van der Waals surface area (Å²) in [4.78, 5) is 8.56. The molecule has 0 radical (unpaired) electrons. The van der Waals surface area contributed by atoms with Crippen LogP contribution in [-0.2, 0) is 0 Å². The molecule has 1 aromatic heterocycles. The number of aromatic nitrogens is 2. The molecule has 0 amide bonds. The van der Waals surface area contributed by atoms with Crippen molar-refractivity contribution in [3.8, 4) is 5.88 Å². The van der Waals surface area contributed by atoms with Crippen molar-refractivity contribution >= 4 is 0 Å². The van der Waals surface area contributed by atoms with E-state index in [0.29, 0.717) is 11.8 Å². The molecule has 4 heteroatoms. The van der Waals surface area contributed by atoms with Gasteiger partial charge in [-0.15, -0.1) is 0 Å². The number of nitrogens with zero attached hydrogens (tertiary/aromatic N) is 2. The zero-order chi connectivity index (χ0) is 13.8. The van der Waals surface area contributed by atoms with E-state index in [4.69, 9.17) is 10.5 Å². The van der Waals surface area contributed by atoms with Gasteiger partial charge in [-0.25, -0.2) is 4.98 Å². The first-order valence-electron chi connectivity index (χ1n) is 7.24. The Balaban J connectivity index is 2.03. The monoisotopic (exact) mass is 263 g/mol. The first kappa shape index (κ1) is 14.3. The molecular weight excluding hydrogens is 238 g/mol. The van der Waals surface area contributed by atoms with Crippen LogP contribution in [0, 0.1) is 17.8 Å². The Hall–Kier alpha value is -1.16. The molecular formula is C15H25N3O. The standard InChI is InChI=1S/C15H25N3O/c1-10(2)11-4-6-12(7-5-11)13(16)14-15(19-3)18-9-8-17-14/h8-13H,4-7,16H2,1-3H3. The van der Waals surface area contributed by atoms with Crippen LogP contribution in [0.3, 0.4) is 0 Å². The van der Waals surface area contributed by atoms with Gasteiger partial charge in [-0.1, -0.05) is 13.8 Å². The lowest BCUT2D eigenvalue weighted by Crippen LogP contribution is -2.28. The van der Waals surface area contributed by atoms with Crippen LogP contribution in [0.2, 0.25) is 0 Å². The van der Waals surface area contributed by atoms with Crippen molar-refractivity contribution in [3.63, 3.8) is 0 Å². The number of hydrogen-bond acceptors (Lipinski definition) is 4. The maximum Gasteiger partial charge on any atom is 0.236 e. The van der Waals surface area contributed by atoms with Crippen molar-refractivity contribution < 1.29 is 4.74 Å². The third-order valence-corrected chi connectivity index (χ3v) is 4.47. The second-order valence-corrected chi connectivity index (χ2v) is 5.90. The molecule has 106 valence electrons. The van der Waals surface area contributed by atoms with Crippen LogP contribution < -0.4 is 10.5 Å². The molecule has 2 rings (SSSR count). The van der Waals surface area contributed by atoms with Gasteiger partial charge in [0.25, 0.3) is 0 Å². The molecule has 19 heavy (non-hydrogen) atoms. The molecule has 0 bridgehead atoms. The van der Waals surface area contributed by atoms with Gasteiger partial charge in [-0.3, -0.25) is 4.98 Å². The molecule has 0 saturated heterocycles. The first-order valence-corrected chi connectivity index (χ1v) is 7.24. The molecule has 4 nitrogen and oxygen atoms in total. The fourth-order valence-electron chi connectivity index (χ4n) is 3.12. The lowest BCUT2D eigenvalue weighted by molar-refractivity contribution is 0.200. The molecule has 1 fully saturated rings. The van der Waals surface area contributed by atoms with Crippen LogP contribution in [0.4, 0.5) is 0 Å². The van der Waals surface area contributed by atoms with Crippen molar-refractivity contribution in [1.82, 2.24) is 9.97 Å². The number of methoxy groups -OCH3 is 1. The van der Waals surface area contributed by atoms with Crippen LogP contribution in [-0.4, -0.2) is 17.1 Å². The summed E-state index contributed by atoms with van der Waals surface area (Å²) in [5, 5.41) is 0. The Kier molecular flexibility index (Phi) is 4.75. The molecule has 2 N–H and O–H groups in total. The van der Waals surface area contributed by atoms with E-state index in [1.165, 1.54) is 25.7 Å². The van der Waals surface area contributed by atoms with Gasteiger partial charge in [0, 0.05) is 12.4 Å². The number of hydrogen-bond donors (Lipinski definition) is 1. The number of nitrogens with two attached hydrogens (primary N) is 1. The second kappa shape index (κ2) is 6.33. The fourth-order valence-corrected chi connectivity index (χ4v) is 3.12. The Morgan fingerprint density at radius 3 is 2.26 bits per heavy atom. The van der Waals surface area contributed by atoms with Gasteiger partial charge in [-0.2, -0.15) is 0 Å². The highest BCUT2D eigenvalue weighted by Crippen LogP contribution is 2.39. The molecule has 1 aliphatic rings. The first-order chi connectivity index (χ1) is 9.13. The summed E-state index contributed by atoms with van der Waals surface area (Å²) >= 11 is 0. The summed E-state index contributed by atoms with van der Waals surface area (Å²) in [7, 11) is 1.62. The SMILES string of the molecule is COc1nccnc1C(N)C1CCC(C(C)C)CC1. The van der Waals surface area contributed by atoms with Gasteiger partial charge in [0.2, 0.25) is 5.88 Å². The highest BCUT2D eigenvalue weighted by molar-refractivity contribution is 5.21. The maximum atomic E-state index is 6.39. The molecule has 1 heterocycles. The van der Waals surface area contributed by atoms with Crippen molar-refractivity contribution in [2.45, 2.75) is 45.6 Å². The quantitative estimate of drug-likeness (QED) is 0.907. The average molecular weight is 263 g/mol. The van der Waals surface area contributed by atoms with Crippen molar-refractivity contribution in [2.24, 2.45) is 23.5 Å². The third kappa shape index (κ3) is 3.24. The van der Waals surface area contributed by atoms with E-state index in [0.717, 1.165) is 17.5 Å². The Bertz CT molecular complexity index is 400. The molecule has 0 aliphatic heterocycles. The van der Waals surface area contributed by atoms with E-state index in [1.807, 2.05) is 0 Å². The largest absolute Gasteiger partial charge is 0.480 e. The molecule has 1 aromatic rings. The van der Waals surface area contributed by atoms with E-state index < -0.39 is 0 Å². The second-order valence-electron chi connectivity index (χ2n) is 5.90. The normalized spacial score (nSPS) is 25.3. The van der Waals surface area contributed by atoms with Gasteiger partial charge in [0.1, 0.15) is 5.69 Å². The predicted molar refractivity (Wildman–Crippen MR) is 75.8 cm³/mol. The summed E-state index contributed by atoms with van der Waals surface area (Å²) in [6.45, 7) is 4.63. The van der Waals surface area contributed by atoms with Crippen molar-refractivity contribution in [1.29, 1.82) is 0 Å². The molecule has 1 aliphatic carbocycles. The maximum absolute atomic E-state index is 6.39. The molecule has 0 aromatic carbocycles. The minimum Gasteiger partial charge on any atom is -0.480 e. The van der Waals surface area contributed by atoms with Gasteiger partial charge >= 0.3 is 0 Å².